The summed E-state index contributed by atoms with van der Waals surface area (Å²) in [4.78, 5) is 11.1. The summed E-state index contributed by atoms with van der Waals surface area (Å²) >= 11 is 1.81. The Morgan fingerprint density at radius 2 is 2.40 bits per heavy atom. The highest BCUT2D eigenvalue weighted by Crippen LogP contribution is 2.21. The Balaban J connectivity index is 2.49. The number of hydrogen-bond donors (Lipinski definition) is 2. The molecule has 0 saturated carbocycles. The maximum absolute atomic E-state index is 11.1. The third-order valence-electron chi connectivity index (χ3n) is 2.10. The second-order valence-electron chi connectivity index (χ2n) is 3.27. The SMILES string of the molecule is CCC(C)SCc1ccc(C(=O)NN)o1. The Morgan fingerprint density at radius 1 is 1.67 bits per heavy atom. The topological polar surface area (TPSA) is 68.3 Å². The molecule has 1 heterocycles. The van der Waals surface area contributed by atoms with Crippen molar-refractivity contribution in [3.63, 3.8) is 0 Å². The Labute approximate surface area is 93.6 Å². The number of hydrogen-bond acceptors (Lipinski definition) is 4. The summed E-state index contributed by atoms with van der Waals surface area (Å²) in [5, 5.41) is 0.599. The first-order valence-electron chi connectivity index (χ1n) is 4.88. The van der Waals surface area contributed by atoms with Gasteiger partial charge in [-0.05, 0) is 18.6 Å². The van der Waals surface area contributed by atoms with Gasteiger partial charge in [0.05, 0.1) is 5.75 Å². The molecule has 5 heteroatoms. The quantitative estimate of drug-likeness (QED) is 0.459. The van der Waals surface area contributed by atoms with E-state index >= 15 is 0 Å². The zero-order chi connectivity index (χ0) is 11.3. The molecule has 1 aromatic rings. The summed E-state index contributed by atoms with van der Waals surface area (Å²) < 4.78 is 5.32. The Kier molecular flexibility index (Phi) is 4.71. The molecule has 3 N–H and O–H groups in total. The first-order chi connectivity index (χ1) is 7.17. The van der Waals surface area contributed by atoms with Crippen LogP contribution in [0.25, 0.3) is 0 Å². The van der Waals surface area contributed by atoms with Crippen LogP contribution in [0.2, 0.25) is 0 Å². The Hall–Kier alpha value is -0.940. The maximum Gasteiger partial charge on any atom is 0.300 e. The summed E-state index contributed by atoms with van der Waals surface area (Å²) in [6.07, 6.45) is 1.13. The lowest BCUT2D eigenvalue weighted by Gasteiger charge is -2.05. The molecule has 0 spiro atoms. The van der Waals surface area contributed by atoms with Crippen LogP contribution in [0.15, 0.2) is 16.5 Å². The average Bonchev–Trinajstić information content (AvgIpc) is 2.73. The lowest BCUT2D eigenvalue weighted by atomic mass is 10.4. The van der Waals surface area contributed by atoms with Gasteiger partial charge in [0.1, 0.15) is 5.76 Å². The predicted molar refractivity (Wildman–Crippen MR) is 61.4 cm³/mol. The van der Waals surface area contributed by atoms with Gasteiger partial charge in [-0.15, -0.1) is 0 Å². The van der Waals surface area contributed by atoms with E-state index in [9.17, 15) is 4.79 Å². The number of carbonyl (C=O) groups excluding carboxylic acids is 1. The van der Waals surface area contributed by atoms with Gasteiger partial charge < -0.3 is 4.42 Å². The Morgan fingerprint density at radius 3 is 3.00 bits per heavy atom. The standard InChI is InChI=1S/C10H16N2O2S/c1-3-7(2)15-6-8-4-5-9(14-8)10(13)12-11/h4-5,7H,3,6,11H2,1-2H3,(H,12,13). The zero-order valence-corrected chi connectivity index (χ0v) is 9.76. The number of rotatable bonds is 5. The van der Waals surface area contributed by atoms with Gasteiger partial charge in [-0.2, -0.15) is 11.8 Å². The molecule has 1 unspecified atom stereocenters. The third kappa shape index (κ3) is 3.60. The zero-order valence-electron chi connectivity index (χ0n) is 8.95. The minimum Gasteiger partial charge on any atom is -0.455 e. The van der Waals surface area contributed by atoms with E-state index in [1.165, 1.54) is 0 Å². The molecule has 0 aliphatic carbocycles. The van der Waals surface area contributed by atoms with Crippen LogP contribution in [0.3, 0.4) is 0 Å². The fourth-order valence-corrected chi connectivity index (χ4v) is 1.83. The van der Waals surface area contributed by atoms with E-state index in [0.29, 0.717) is 5.25 Å². The van der Waals surface area contributed by atoms with Crippen molar-refractivity contribution >= 4 is 17.7 Å². The molecule has 0 fully saturated rings. The molecule has 0 aromatic carbocycles. The number of hydrazine groups is 1. The second-order valence-corrected chi connectivity index (χ2v) is 4.70. The van der Waals surface area contributed by atoms with Crippen LogP contribution in [0.4, 0.5) is 0 Å². The van der Waals surface area contributed by atoms with Crippen molar-refractivity contribution in [3.8, 4) is 0 Å². The van der Waals surface area contributed by atoms with E-state index in [1.807, 2.05) is 5.43 Å². The minimum absolute atomic E-state index is 0.261. The van der Waals surface area contributed by atoms with E-state index in [1.54, 1.807) is 23.9 Å². The van der Waals surface area contributed by atoms with Gasteiger partial charge in [-0.3, -0.25) is 10.2 Å². The van der Waals surface area contributed by atoms with E-state index < -0.39 is 5.91 Å². The number of nitrogens with two attached hydrogens (primary N) is 1. The van der Waals surface area contributed by atoms with Crippen LogP contribution in [0.5, 0.6) is 0 Å². The smallest absolute Gasteiger partial charge is 0.300 e. The normalized spacial score (nSPS) is 12.5. The number of nitrogen functional groups attached to an aromatic ring is 1. The van der Waals surface area contributed by atoms with Crippen LogP contribution in [0.1, 0.15) is 36.6 Å². The molecule has 1 aromatic heterocycles. The van der Waals surface area contributed by atoms with E-state index in [4.69, 9.17) is 10.3 Å². The summed E-state index contributed by atoms with van der Waals surface area (Å²) in [5.41, 5.74) is 2.03. The first kappa shape index (κ1) is 12.1. The summed E-state index contributed by atoms with van der Waals surface area (Å²) in [6, 6.07) is 3.44. The fraction of sp³-hybridized carbons (Fsp3) is 0.500. The molecule has 84 valence electrons. The van der Waals surface area contributed by atoms with Crippen LogP contribution >= 0.6 is 11.8 Å². The highest BCUT2D eigenvalue weighted by Gasteiger charge is 2.10. The lowest BCUT2D eigenvalue weighted by Crippen LogP contribution is -2.29. The minimum atomic E-state index is -0.394. The summed E-state index contributed by atoms with van der Waals surface area (Å²) in [5.74, 6) is 6.45. The molecule has 0 radical (unpaired) electrons. The van der Waals surface area contributed by atoms with Gasteiger partial charge in [0.15, 0.2) is 5.76 Å². The number of furan rings is 1. The molecule has 1 atom stereocenters. The molecular formula is C10H16N2O2S. The predicted octanol–water partition coefficient (Wildman–Crippen LogP) is 1.91. The summed E-state index contributed by atoms with van der Waals surface area (Å²) in [7, 11) is 0. The van der Waals surface area contributed by atoms with Crippen LogP contribution in [-0.2, 0) is 5.75 Å². The summed E-state index contributed by atoms with van der Waals surface area (Å²) in [6.45, 7) is 4.31. The van der Waals surface area contributed by atoms with Crippen LogP contribution < -0.4 is 11.3 Å². The molecule has 0 bridgehead atoms. The van der Waals surface area contributed by atoms with Crippen molar-refractivity contribution in [2.75, 3.05) is 0 Å². The van der Waals surface area contributed by atoms with E-state index in [2.05, 4.69) is 13.8 Å². The van der Waals surface area contributed by atoms with Crippen molar-refractivity contribution < 1.29 is 9.21 Å². The van der Waals surface area contributed by atoms with Crippen molar-refractivity contribution in [2.45, 2.75) is 31.3 Å². The highest BCUT2D eigenvalue weighted by molar-refractivity contribution is 7.99. The van der Waals surface area contributed by atoms with Gasteiger partial charge in [0, 0.05) is 5.25 Å². The molecule has 0 aliphatic heterocycles. The number of amides is 1. The highest BCUT2D eigenvalue weighted by atomic mass is 32.2. The van der Waals surface area contributed by atoms with Crippen molar-refractivity contribution in [3.05, 3.63) is 23.7 Å². The Bertz CT molecular complexity index is 325. The van der Waals surface area contributed by atoms with Crippen molar-refractivity contribution in [1.82, 2.24) is 5.43 Å². The van der Waals surface area contributed by atoms with Crippen molar-refractivity contribution in [1.29, 1.82) is 0 Å². The van der Waals surface area contributed by atoms with Gasteiger partial charge in [-0.25, -0.2) is 5.84 Å². The van der Waals surface area contributed by atoms with Crippen LogP contribution in [-0.4, -0.2) is 11.2 Å². The van der Waals surface area contributed by atoms with Gasteiger partial charge >= 0.3 is 5.91 Å². The second kappa shape index (κ2) is 5.82. The third-order valence-corrected chi connectivity index (χ3v) is 3.46. The molecule has 0 saturated heterocycles. The van der Waals surface area contributed by atoms with E-state index in [-0.39, 0.29) is 5.76 Å². The van der Waals surface area contributed by atoms with Crippen molar-refractivity contribution in [2.24, 2.45) is 5.84 Å². The monoisotopic (exact) mass is 228 g/mol. The molecule has 0 aliphatic rings. The average molecular weight is 228 g/mol. The van der Waals surface area contributed by atoms with Gasteiger partial charge in [0.25, 0.3) is 0 Å². The molecule has 4 nitrogen and oxygen atoms in total. The molecule has 1 rings (SSSR count). The number of carbonyl (C=O) groups is 1. The molecular weight excluding hydrogens is 212 g/mol. The fourth-order valence-electron chi connectivity index (χ4n) is 0.991. The number of nitrogens with one attached hydrogen (secondary N) is 1. The lowest BCUT2D eigenvalue weighted by molar-refractivity contribution is 0.0924. The number of thioether (sulfide) groups is 1. The van der Waals surface area contributed by atoms with E-state index in [0.717, 1.165) is 17.9 Å². The first-order valence-corrected chi connectivity index (χ1v) is 5.93. The maximum atomic E-state index is 11.1. The molecule has 1 amide bonds. The van der Waals surface area contributed by atoms with Gasteiger partial charge in [0.2, 0.25) is 0 Å². The van der Waals surface area contributed by atoms with Gasteiger partial charge in [-0.1, -0.05) is 13.8 Å². The molecule has 15 heavy (non-hydrogen) atoms. The largest absolute Gasteiger partial charge is 0.455 e. The van der Waals surface area contributed by atoms with Crippen LogP contribution in [0, 0.1) is 0 Å².